The number of hydrogen-bond donors (Lipinski definition) is 1. The number of hydrogen-bond acceptors (Lipinski definition) is 2. The minimum Gasteiger partial charge on any atom is -0.510 e. The van der Waals surface area contributed by atoms with Crippen LogP contribution in [0.3, 0.4) is 0 Å². The van der Waals surface area contributed by atoms with E-state index in [1.54, 1.807) is 18.4 Å². The fourth-order valence-electron chi connectivity index (χ4n) is 1.04. The van der Waals surface area contributed by atoms with E-state index in [1.165, 1.54) is 0 Å². The molecule has 0 aromatic heterocycles. The van der Waals surface area contributed by atoms with Gasteiger partial charge in [0.2, 0.25) is 0 Å². The van der Waals surface area contributed by atoms with Crippen molar-refractivity contribution in [3.05, 3.63) is 59.9 Å². The van der Waals surface area contributed by atoms with Crippen molar-refractivity contribution in [1.29, 1.82) is 0 Å². The molecular weight excluding hydrogens is 186 g/mol. The molecule has 78 valence electrons. The van der Waals surface area contributed by atoms with E-state index in [0.717, 1.165) is 5.56 Å². The van der Waals surface area contributed by atoms with Gasteiger partial charge in [-0.15, -0.1) is 0 Å². The molecule has 2 nitrogen and oxygen atoms in total. The molecule has 0 radical (unpaired) electrons. The fraction of sp³-hybridized carbons (Fsp3) is 0.154. The number of aliphatic hydroxyl groups excluding tert-OH is 1. The van der Waals surface area contributed by atoms with Crippen LogP contribution < -0.4 is 0 Å². The van der Waals surface area contributed by atoms with Gasteiger partial charge in [0.25, 0.3) is 0 Å². The second kappa shape index (κ2) is 6.60. The Morgan fingerprint density at radius 1 is 1.33 bits per heavy atom. The van der Waals surface area contributed by atoms with E-state index in [0.29, 0.717) is 6.54 Å². The zero-order chi connectivity index (χ0) is 10.9. The molecule has 0 atom stereocenters. The Morgan fingerprint density at radius 3 is 2.73 bits per heavy atom. The zero-order valence-electron chi connectivity index (χ0n) is 8.80. The molecule has 0 fully saturated rings. The fourth-order valence-corrected chi connectivity index (χ4v) is 1.04. The lowest BCUT2D eigenvalue weighted by atomic mass is 10.2. The molecule has 1 aromatic carbocycles. The van der Waals surface area contributed by atoms with E-state index in [-0.39, 0.29) is 5.76 Å². The normalized spacial score (nSPS) is 12.7. The summed E-state index contributed by atoms with van der Waals surface area (Å²) in [5.74, 6) is 0.264. The Balaban J connectivity index is 2.47. The van der Waals surface area contributed by atoms with Gasteiger partial charge in [-0.1, -0.05) is 42.5 Å². The SMILES string of the molecule is C/C=C/C=C(\O)CN=Cc1ccccc1. The van der Waals surface area contributed by atoms with Crippen molar-refractivity contribution in [1.82, 2.24) is 0 Å². The van der Waals surface area contributed by atoms with Gasteiger partial charge in [-0.3, -0.25) is 4.99 Å². The summed E-state index contributed by atoms with van der Waals surface area (Å²) in [6.45, 7) is 2.22. The van der Waals surface area contributed by atoms with Gasteiger partial charge < -0.3 is 5.11 Å². The van der Waals surface area contributed by atoms with Gasteiger partial charge in [0.15, 0.2) is 0 Å². The van der Waals surface area contributed by atoms with Crippen LogP contribution in [0.2, 0.25) is 0 Å². The molecule has 0 heterocycles. The average molecular weight is 201 g/mol. The standard InChI is InChI=1S/C13H15NO/c1-2-3-9-13(15)11-14-10-12-7-5-4-6-8-12/h2-10,15H,11H2,1H3/b3-2+,13-9-,14-10?. The molecule has 0 unspecified atom stereocenters. The summed E-state index contributed by atoms with van der Waals surface area (Å²) >= 11 is 0. The number of benzene rings is 1. The van der Waals surface area contributed by atoms with Crippen LogP contribution in [0, 0.1) is 0 Å². The van der Waals surface area contributed by atoms with Crippen LogP contribution in [0.4, 0.5) is 0 Å². The highest BCUT2D eigenvalue weighted by molar-refractivity contribution is 5.79. The highest BCUT2D eigenvalue weighted by Crippen LogP contribution is 1.95. The van der Waals surface area contributed by atoms with Crippen molar-refractivity contribution in [2.75, 3.05) is 6.54 Å². The molecule has 0 aliphatic carbocycles. The van der Waals surface area contributed by atoms with Crippen molar-refractivity contribution in [2.45, 2.75) is 6.92 Å². The van der Waals surface area contributed by atoms with Crippen LogP contribution >= 0.6 is 0 Å². The summed E-state index contributed by atoms with van der Waals surface area (Å²) < 4.78 is 0. The molecule has 0 saturated carbocycles. The average Bonchev–Trinajstić information content (AvgIpc) is 2.28. The second-order valence-electron chi connectivity index (χ2n) is 3.06. The predicted molar refractivity (Wildman–Crippen MR) is 64.4 cm³/mol. The Morgan fingerprint density at radius 2 is 2.07 bits per heavy atom. The molecule has 0 bridgehead atoms. The first-order chi connectivity index (χ1) is 7.33. The van der Waals surface area contributed by atoms with Gasteiger partial charge in [-0.05, 0) is 18.6 Å². The number of aliphatic hydroxyl groups is 1. The third-order valence-corrected chi connectivity index (χ3v) is 1.77. The summed E-state index contributed by atoms with van der Waals surface area (Å²) in [5.41, 5.74) is 1.04. The van der Waals surface area contributed by atoms with Crippen molar-refractivity contribution >= 4 is 6.21 Å². The van der Waals surface area contributed by atoms with Crippen LogP contribution in [0.15, 0.2) is 59.3 Å². The summed E-state index contributed by atoms with van der Waals surface area (Å²) in [7, 11) is 0. The lowest BCUT2D eigenvalue weighted by Crippen LogP contribution is -1.88. The van der Waals surface area contributed by atoms with Crippen molar-refractivity contribution in [3.8, 4) is 0 Å². The summed E-state index contributed by atoms with van der Waals surface area (Å²) in [6.07, 6.45) is 7.03. The third kappa shape index (κ3) is 4.81. The monoisotopic (exact) mass is 201 g/mol. The van der Waals surface area contributed by atoms with Gasteiger partial charge in [0.1, 0.15) is 5.76 Å². The second-order valence-corrected chi connectivity index (χ2v) is 3.06. The number of allylic oxidation sites excluding steroid dienone is 3. The van der Waals surface area contributed by atoms with E-state index in [1.807, 2.05) is 43.3 Å². The molecule has 15 heavy (non-hydrogen) atoms. The van der Waals surface area contributed by atoms with E-state index in [4.69, 9.17) is 0 Å². The highest BCUT2D eigenvalue weighted by Gasteiger charge is 1.87. The maximum absolute atomic E-state index is 9.35. The van der Waals surface area contributed by atoms with Gasteiger partial charge >= 0.3 is 0 Å². The van der Waals surface area contributed by atoms with Crippen LogP contribution in [0.5, 0.6) is 0 Å². The Hall–Kier alpha value is -1.83. The smallest absolute Gasteiger partial charge is 0.114 e. The number of rotatable bonds is 4. The molecule has 0 saturated heterocycles. The molecule has 1 rings (SSSR count). The van der Waals surface area contributed by atoms with Crippen LogP contribution in [-0.2, 0) is 0 Å². The molecule has 0 aliphatic heterocycles. The van der Waals surface area contributed by atoms with E-state index in [9.17, 15) is 5.11 Å². The highest BCUT2D eigenvalue weighted by atomic mass is 16.3. The first kappa shape index (κ1) is 11.2. The van der Waals surface area contributed by atoms with Crippen molar-refractivity contribution < 1.29 is 5.11 Å². The summed E-state index contributed by atoms with van der Waals surface area (Å²) in [6, 6.07) is 9.81. The molecule has 1 aromatic rings. The quantitative estimate of drug-likeness (QED) is 0.453. The third-order valence-electron chi connectivity index (χ3n) is 1.77. The molecule has 1 N–H and O–H groups in total. The molecule has 0 spiro atoms. The van der Waals surface area contributed by atoms with Crippen molar-refractivity contribution in [3.63, 3.8) is 0 Å². The van der Waals surface area contributed by atoms with Gasteiger partial charge in [-0.25, -0.2) is 0 Å². The lowest BCUT2D eigenvalue weighted by molar-refractivity contribution is 0.404. The van der Waals surface area contributed by atoms with Crippen LogP contribution in [-0.4, -0.2) is 17.9 Å². The van der Waals surface area contributed by atoms with E-state index < -0.39 is 0 Å². The summed E-state index contributed by atoms with van der Waals surface area (Å²) in [5, 5.41) is 9.35. The van der Waals surface area contributed by atoms with Crippen LogP contribution in [0.25, 0.3) is 0 Å². The van der Waals surface area contributed by atoms with E-state index in [2.05, 4.69) is 4.99 Å². The van der Waals surface area contributed by atoms with E-state index >= 15 is 0 Å². The lowest BCUT2D eigenvalue weighted by Gasteiger charge is -1.93. The first-order valence-electron chi connectivity index (χ1n) is 4.88. The van der Waals surface area contributed by atoms with Gasteiger partial charge in [-0.2, -0.15) is 0 Å². The maximum Gasteiger partial charge on any atom is 0.114 e. The summed E-state index contributed by atoms with van der Waals surface area (Å²) in [4.78, 5) is 4.12. The minimum absolute atomic E-state index is 0.264. The van der Waals surface area contributed by atoms with Gasteiger partial charge in [0, 0.05) is 6.21 Å². The van der Waals surface area contributed by atoms with Crippen LogP contribution in [0.1, 0.15) is 12.5 Å². The Kier molecular flexibility index (Phi) is 4.95. The maximum atomic E-state index is 9.35. The number of aliphatic imine (C=N–C) groups is 1. The Labute approximate surface area is 90.3 Å². The first-order valence-corrected chi connectivity index (χ1v) is 4.88. The largest absolute Gasteiger partial charge is 0.510 e. The molecule has 0 aliphatic rings. The minimum atomic E-state index is 0.264. The zero-order valence-corrected chi connectivity index (χ0v) is 8.80. The molecule has 0 amide bonds. The van der Waals surface area contributed by atoms with Gasteiger partial charge in [0.05, 0.1) is 6.54 Å². The molecular formula is C13H15NO. The molecule has 2 heteroatoms. The number of nitrogens with zero attached hydrogens (tertiary/aromatic N) is 1. The predicted octanol–water partition coefficient (Wildman–Crippen LogP) is 3.12. The Bertz CT molecular complexity index is 363. The van der Waals surface area contributed by atoms with Crippen molar-refractivity contribution in [2.24, 2.45) is 4.99 Å². The topological polar surface area (TPSA) is 32.6 Å².